The number of aromatic hydroxyl groups is 2. The second-order valence-electron chi connectivity index (χ2n) is 11.1. The largest absolute Gasteiger partial charge is 0.508 e. The maximum atomic E-state index is 13.9. The van der Waals surface area contributed by atoms with E-state index >= 15 is 0 Å². The first-order chi connectivity index (χ1) is 20.8. The van der Waals surface area contributed by atoms with E-state index in [1.165, 1.54) is 6.07 Å². The number of fused-ring (bicyclic) bond motifs is 2. The lowest BCUT2D eigenvalue weighted by molar-refractivity contribution is 0.0985. The van der Waals surface area contributed by atoms with E-state index < -0.39 is 0 Å². The Labute approximate surface area is 249 Å². The lowest BCUT2D eigenvalue weighted by Crippen LogP contribution is -2.57. The summed E-state index contributed by atoms with van der Waals surface area (Å²) in [5.74, 6) is 0.722. The topological polar surface area (TPSA) is 135 Å². The van der Waals surface area contributed by atoms with Crippen molar-refractivity contribution in [3.05, 3.63) is 94.7 Å². The lowest BCUT2D eigenvalue weighted by atomic mass is 10.0. The number of nitrogens with zero attached hydrogens (tertiary/aromatic N) is 4. The number of para-hydroxylation sites is 2. The molecule has 11 heteroatoms. The van der Waals surface area contributed by atoms with Crippen LogP contribution in [0.25, 0.3) is 0 Å². The predicted molar refractivity (Wildman–Crippen MR) is 164 cm³/mol. The molecule has 4 aromatic rings. The van der Waals surface area contributed by atoms with Gasteiger partial charge >= 0.3 is 6.03 Å². The second-order valence-corrected chi connectivity index (χ2v) is 11.1. The van der Waals surface area contributed by atoms with Crippen LogP contribution in [0.4, 0.5) is 22.0 Å². The van der Waals surface area contributed by atoms with Crippen LogP contribution in [-0.2, 0) is 26.6 Å². The number of urea groups is 1. The summed E-state index contributed by atoms with van der Waals surface area (Å²) in [5.41, 5.74) is 5.69. The number of phenolic OH excluding ortho intramolecular Hbond substituents is 2. The zero-order valence-electron chi connectivity index (χ0n) is 24.2. The average Bonchev–Trinajstić information content (AvgIpc) is 3.23. The van der Waals surface area contributed by atoms with E-state index in [9.17, 15) is 19.8 Å². The third kappa shape index (κ3) is 5.84. The molecule has 0 bridgehead atoms. The summed E-state index contributed by atoms with van der Waals surface area (Å²) < 4.78 is 1.77. The maximum absolute atomic E-state index is 13.9. The van der Waals surface area contributed by atoms with Gasteiger partial charge < -0.3 is 36.0 Å². The number of aryl methyl sites for hydroxylation is 2. The van der Waals surface area contributed by atoms with Crippen LogP contribution in [-0.4, -0.2) is 62.5 Å². The summed E-state index contributed by atoms with van der Waals surface area (Å²) in [6.07, 6.45) is 2.27. The van der Waals surface area contributed by atoms with Crippen LogP contribution in [0.15, 0.2) is 66.9 Å². The van der Waals surface area contributed by atoms with Gasteiger partial charge in [-0.25, -0.2) is 4.79 Å². The van der Waals surface area contributed by atoms with E-state index in [1.807, 2.05) is 56.4 Å². The molecule has 11 nitrogen and oxygen atoms in total. The Morgan fingerprint density at radius 2 is 1.86 bits per heavy atom. The van der Waals surface area contributed by atoms with Crippen molar-refractivity contribution in [3.63, 3.8) is 0 Å². The van der Waals surface area contributed by atoms with E-state index in [4.69, 9.17) is 0 Å². The van der Waals surface area contributed by atoms with Gasteiger partial charge in [0.2, 0.25) is 0 Å². The molecule has 3 aromatic carbocycles. The van der Waals surface area contributed by atoms with Gasteiger partial charge in [0.1, 0.15) is 17.3 Å². The molecule has 1 fully saturated rings. The van der Waals surface area contributed by atoms with Gasteiger partial charge in [0, 0.05) is 56.5 Å². The number of benzene rings is 3. The van der Waals surface area contributed by atoms with Crippen molar-refractivity contribution >= 4 is 29.1 Å². The highest BCUT2D eigenvalue weighted by molar-refractivity contribution is 6.08. The van der Waals surface area contributed by atoms with Crippen LogP contribution in [0.3, 0.4) is 0 Å². The summed E-state index contributed by atoms with van der Waals surface area (Å²) in [6.45, 7) is 4.47. The fourth-order valence-corrected chi connectivity index (χ4v) is 5.85. The molecule has 2 aliphatic rings. The fourth-order valence-electron chi connectivity index (χ4n) is 5.85. The third-order valence-corrected chi connectivity index (χ3v) is 8.10. The number of hydrogen-bond acceptors (Lipinski definition) is 7. The van der Waals surface area contributed by atoms with Gasteiger partial charge in [-0.3, -0.25) is 9.48 Å². The second kappa shape index (κ2) is 11.7. The molecule has 1 atom stereocenters. The molecule has 0 saturated carbocycles. The highest BCUT2D eigenvalue weighted by Gasteiger charge is 2.28. The summed E-state index contributed by atoms with van der Waals surface area (Å²) in [5, 5.41) is 33.9. The maximum Gasteiger partial charge on any atom is 0.318 e. The molecular weight excluding hydrogens is 546 g/mol. The van der Waals surface area contributed by atoms with Crippen molar-refractivity contribution in [2.75, 3.05) is 29.9 Å². The minimum Gasteiger partial charge on any atom is -0.508 e. The number of hydrogen-bond donors (Lipinski definition) is 5. The summed E-state index contributed by atoms with van der Waals surface area (Å²) in [7, 11) is 1.87. The molecule has 222 valence electrons. The van der Waals surface area contributed by atoms with E-state index in [2.05, 4.69) is 21.0 Å². The van der Waals surface area contributed by atoms with Crippen LogP contribution in [0, 0.1) is 6.92 Å². The molecule has 0 radical (unpaired) electrons. The van der Waals surface area contributed by atoms with Crippen molar-refractivity contribution < 1.29 is 19.8 Å². The van der Waals surface area contributed by atoms with E-state index in [0.717, 1.165) is 39.4 Å². The van der Waals surface area contributed by atoms with Crippen LogP contribution in [0.2, 0.25) is 0 Å². The number of amides is 3. The van der Waals surface area contributed by atoms with Gasteiger partial charge in [-0.1, -0.05) is 18.2 Å². The summed E-state index contributed by atoms with van der Waals surface area (Å²) >= 11 is 0. The molecule has 3 heterocycles. The first-order valence-electron chi connectivity index (χ1n) is 14.3. The van der Waals surface area contributed by atoms with E-state index in [0.29, 0.717) is 44.7 Å². The molecule has 6 rings (SSSR count). The lowest BCUT2D eigenvalue weighted by Gasteiger charge is -2.36. The van der Waals surface area contributed by atoms with Gasteiger partial charge in [0.15, 0.2) is 0 Å². The molecule has 43 heavy (non-hydrogen) atoms. The van der Waals surface area contributed by atoms with Gasteiger partial charge in [0.05, 0.1) is 24.1 Å². The van der Waals surface area contributed by atoms with Crippen LogP contribution in [0.1, 0.15) is 32.6 Å². The van der Waals surface area contributed by atoms with Crippen LogP contribution >= 0.6 is 0 Å². The first-order valence-corrected chi connectivity index (χ1v) is 14.3. The minimum atomic E-state index is -0.184. The molecule has 5 N–H and O–H groups in total. The smallest absolute Gasteiger partial charge is 0.318 e. The molecule has 2 aliphatic heterocycles. The quantitative estimate of drug-likeness (QED) is 0.242. The van der Waals surface area contributed by atoms with E-state index in [-0.39, 0.29) is 29.5 Å². The average molecular weight is 582 g/mol. The summed E-state index contributed by atoms with van der Waals surface area (Å²) in [6, 6.07) is 17.5. The molecular formula is C32H35N7O4. The van der Waals surface area contributed by atoms with Crippen molar-refractivity contribution in [2.24, 2.45) is 7.05 Å². The highest BCUT2D eigenvalue weighted by atomic mass is 16.3. The van der Waals surface area contributed by atoms with E-state index in [1.54, 1.807) is 32.8 Å². The number of nitrogens with one attached hydrogen (secondary N) is 3. The number of aromatic nitrogens is 2. The zero-order valence-corrected chi connectivity index (χ0v) is 24.2. The normalized spacial score (nSPS) is 16.1. The Hall–Kier alpha value is -5.03. The fraction of sp³-hybridized carbons (Fsp3) is 0.281. The number of anilines is 3. The zero-order chi connectivity index (χ0) is 30.1. The number of carbonyl (C=O) groups is 2. The van der Waals surface area contributed by atoms with Gasteiger partial charge in [0.25, 0.3) is 5.91 Å². The monoisotopic (exact) mass is 581 g/mol. The number of rotatable bonds is 5. The molecule has 3 amide bonds. The Kier molecular flexibility index (Phi) is 7.64. The Morgan fingerprint density at radius 1 is 1.07 bits per heavy atom. The van der Waals surface area contributed by atoms with Crippen LogP contribution < -0.4 is 20.9 Å². The Bertz CT molecular complexity index is 1660. The van der Waals surface area contributed by atoms with Crippen LogP contribution in [0.5, 0.6) is 11.5 Å². The van der Waals surface area contributed by atoms with Crippen molar-refractivity contribution in [2.45, 2.75) is 32.5 Å². The molecule has 0 spiro atoms. The minimum absolute atomic E-state index is 0.00860. The van der Waals surface area contributed by atoms with Crippen molar-refractivity contribution in [1.82, 2.24) is 25.3 Å². The number of phenols is 2. The van der Waals surface area contributed by atoms with Gasteiger partial charge in [-0.05, 0) is 66.4 Å². The molecule has 1 saturated heterocycles. The Morgan fingerprint density at radius 3 is 2.65 bits per heavy atom. The number of carbonyl (C=O) groups excluding carboxylic acids is 2. The first kappa shape index (κ1) is 28.1. The predicted octanol–water partition coefficient (Wildman–Crippen LogP) is 3.77. The molecule has 0 aliphatic carbocycles. The Balaban J connectivity index is 1.15. The van der Waals surface area contributed by atoms with Gasteiger partial charge in [-0.15, -0.1) is 0 Å². The van der Waals surface area contributed by atoms with Gasteiger partial charge in [-0.2, -0.15) is 5.10 Å². The molecule has 1 aromatic heterocycles. The molecule has 1 unspecified atom stereocenters. The highest BCUT2D eigenvalue weighted by Crippen LogP contribution is 2.36. The SMILES string of the molecule is Cc1cc(C(=O)N2Cc3cnn(C)c3Nc3ccccc32)ccc1CNC(=O)N1CCNCC1Cc1cc(O)cc(O)c1. The third-order valence-electron chi connectivity index (χ3n) is 8.10. The van der Waals surface area contributed by atoms with Crippen molar-refractivity contribution in [3.8, 4) is 11.5 Å². The standard InChI is InChI=1S/C32H35N7O4/c1-20-11-22(31(42)39-19-24-17-35-37(2)30(24)36-28-5-3-4-6-29(28)39)7-8-23(20)16-34-32(43)38-10-9-33-18-25(38)12-21-13-26(40)15-27(41)14-21/h3-8,11,13-15,17,25,33,36,40-41H,9-10,12,16,18-19H2,1-2H3,(H,34,43). The summed E-state index contributed by atoms with van der Waals surface area (Å²) in [4.78, 5) is 30.7. The van der Waals surface area contributed by atoms with Crippen molar-refractivity contribution in [1.29, 1.82) is 0 Å². The number of piperazine rings is 1.